The van der Waals surface area contributed by atoms with Crippen LogP contribution in [-0.2, 0) is 20.2 Å². The van der Waals surface area contributed by atoms with Crippen molar-refractivity contribution in [2.45, 2.75) is 9.79 Å². The van der Waals surface area contributed by atoms with Crippen molar-refractivity contribution in [3.05, 3.63) is 42.5 Å². The number of aromatic hydroxyl groups is 1. The third-order valence-corrected chi connectivity index (χ3v) is 5.80. The van der Waals surface area contributed by atoms with E-state index >= 15 is 0 Å². The Bertz CT molecular complexity index is 1310. The van der Waals surface area contributed by atoms with Gasteiger partial charge in [-0.2, -0.15) is 16.8 Å². The Labute approximate surface area is 160 Å². The van der Waals surface area contributed by atoms with Crippen LogP contribution in [-0.4, -0.2) is 38.2 Å². The van der Waals surface area contributed by atoms with E-state index in [1.54, 1.807) is 0 Å². The van der Waals surface area contributed by atoms with Crippen molar-refractivity contribution in [2.24, 2.45) is 0 Å². The topological polar surface area (TPSA) is 164 Å². The van der Waals surface area contributed by atoms with Gasteiger partial charge in [-0.05, 0) is 41.3 Å². The highest BCUT2D eigenvalue weighted by atomic mass is 32.2. The normalized spacial score (nSPS) is 12.2. The van der Waals surface area contributed by atoms with E-state index in [4.69, 9.17) is 10.5 Å². The summed E-state index contributed by atoms with van der Waals surface area (Å²) in [5.41, 5.74) is 6.13. The van der Waals surface area contributed by atoms with Gasteiger partial charge in [0.25, 0.3) is 20.2 Å². The van der Waals surface area contributed by atoms with Crippen LogP contribution < -0.4 is 10.5 Å². The van der Waals surface area contributed by atoms with Crippen LogP contribution in [0.1, 0.15) is 0 Å². The minimum absolute atomic E-state index is 0.00973. The summed E-state index contributed by atoms with van der Waals surface area (Å²) in [6.07, 6.45) is 0. The highest BCUT2D eigenvalue weighted by Gasteiger charge is 2.22. The smallest absolute Gasteiger partial charge is 0.295 e. The first-order valence-corrected chi connectivity index (χ1v) is 10.5. The van der Waals surface area contributed by atoms with Gasteiger partial charge in [0.05, 0.1) is 12.0 Å². The maximum atomic E-state index is 11.9. The van der Waals surface area contributed by atoms with E-state index in [-0.39, 0.29) is 33.3 Å². The fourth-order valence-electron chi connectivity index (χ4n) is 2.92. The predicted octanol–water partition coefficient (Wildman–Crippen LogP) is 2.30. The van der Waals surface area contributed by atoms with Crippen molar-refractivity contribution in [1.29, 1.82) is 0 Å². The molecule has 0 aliphatic rings. The van der Waals surface area contributed by atoms with E-state index in [1.165, 1.54) is 31.4 Å². The van der Waals surface area contributed by atoms with E-state index in [0.29, 0.717) is 0 Å². The number of nitrogen functional groups attached to an aromatic ring is 1. The first-order chi connectivity index (χ1) is 12.9. The van der Waals surface area contributed by atoms with Crippen molar-refractivity contribution in [2.75, 3.05) is 12.8 Å². The monoisotopic (exact) mass is 425 g/mol. The lowest BCUT2D eigenvalue weighted by Gasteiger charge is -2.14. The molecule has 0 spiro atoms. The van der Waals surface area contributed by atoms with Gasteiger partial charge in [0.15, 0.2) is 0 Å². The summed E-state index contributed by atoms with van der Waals surface area (Å²) < 4.78 is 70.4. The minimum Gasteiger partial charge on any atom is -0.507 e. The molecule has 0 atom stereocenters. The third-order valence-electron chi connectivity index (χ3n) is 4.08. The minimum atomic E-state index is -4.68. The highest BCUT2D eigenvalue weighted by molar-refractivity contribution is 7.86. The molecule has 5 N–H and O–H groups in total. The Kier molecular flexibility index (Phi) is 4.71. The van der Waals surface area contributed by atoms with Gasteiger partial charge in [-0.3, -0.25) is 9.11 Å². The molecule has 28 heavy (non-hydrogen) atoms. The van der Waals surface area contributed by atoms with Crippen LogP contribution in [0.3, 0.4) is 0 Å². The molecule has 0 amide bonds. The molecule has 3 aromatic rings. The molecule has 0 aromatic heterocycles. The van der Waals surface area contributed by atoms with E-state index in [0.717, 1.165) is 18.2 Å². The average Bonchev–Trinajstić information content (AvgIpc) is 2.58. The first-order valence-electron chi connectivity index (χ1n) is 7.61. The molecule has 0 aliphatic heterocycles. The zero-order valence-electron chi connectivity index (χ0n) is 14.3. The van der Waals surface area contributed by atoms with Crippen LogP contribution in [0.25, 0.3) is 21.9 Å². The van der Waals surface area contributed by atoms with Crippen molar-refractivity contribution in [1.82, 2.24) is 0 Å². The van der Waals surface area contributed by atoms with E-state index in [1.807, 2.05) is 0 Å². The number of methoxy groups -OCH3 is 1. The van der Waals surface area contributed by atoms with Gasteiger partial charge in [-0.15, -0.1) is 0 Å². The summed E-state index contributed by atoms with van der Waals surface area (Å²) in [5.74, 6) is -0.361. The Morgan fingerprint density at radius 1 is 0.893 bits per heavy atom. The zero-order chi connectivity index (χ0) is 20.9. The second-order valence-corrected chi connectivity index (χ2v) is 8.73. The van der Waals surface area contributed by atoms with Crippen LogP contribution in [0.15, 0.2) is 52.3 Å². The lowest BCUT2D eigenvalue weighted by atomic mass is 9.96. The number of ether oxygens (including phenoxy) is 1. The van der Waals surface area contributed by atoms with E-state index < -0.39 is 35.8 Å². The van der Waals surface area contributed by atoms with Crippen LogP contribution in [0.2, 0.25) is 0 Å². The second-order valence-electron chi connectivity index (χ2n) is 5.92. The van der Waals surface area contributed by atoms with Crippen molar-refractivity contribution < 1.29 is 35.8 Å². The molecule has 3 aromatic carbocycles. The van der Waals surface area contributed by atoms with Crippen LogP contribution in [0.5, 0.6) is 11.5 Å². The SMILES string of the molecule is COc1ccc(-c2cc(N)cc3cc(S(=O)(=O)O)cc(O)c23)c(S(=O)(=O)O)c1. The lowest BCUT2D eigenvalue weighted by Crippen LogP contribution is -2.03. The fourth-order valence-corrected chi connectivity index (χ4v) is 4.17. The van der Waals surface area contributed by atoms with E-state index in [9.17, 15) is 31.0 Å². The molecular formula is C17H15NO8S2. The Hall–Kier alpha value is -2.86. The van der Waals surface area contributed by atoms with Gasteiger partial charge >= 0.3 is 0 Å². The Balaban J connectivity index is 2.46. The van der Waals surface area contributed by atoms with Crippen molar-refractivity contribution >= 4 is 36.7 Å². The highest BCUT2D eigenvalue weighted by Crippen LogP contribution is 2.41. The van der Waals surface area contributed by atoms with Crippen molar-refractivity contribution in [3.63, 3.8) is 0 Å². The number of nitrogens with two attached hydrogens (primary N) is 1. The molecule has 0 fully saturated rings. The summed E-state index contributed by atoms with van der Waals surface area (Å²) in [6, 6.07) is 8.53. The summed E-state index contributed by atoms with van der Waals surface area (Å²) in [5, 5.41) is 10.6. The summed E-state index contributed by atoms with van der Waals surface area (Å²) in [7, 11) is -7.96. The number of rotatable bonds is 4. The summed E-state index contributed by atoms with van der Waals surface area (Å²) >= 11 is 0. The molecule has 11 heteroatoms. The molecule has 0 saturated heterocycles. The average molecular weight is 425 g/mol. The molecule has 3 rings (SSSR count). The standard InChI is InChI=1S/C17H15NO8S2/c1-26-11-2-3-13(16(7-11)28(23,24)25)14-6-10(18)4-9-5-12(27(20,21)22)8-15(19)17(9)14/h2-8,19H,18H2,1H3,(H,20,21,22)(H,23,24,25). The predicted molar refractivity (Wildman–Crippen MR) is 102 cm³/mol. The number of phenolic OH excluding ortho intramolecular Hbond substituents is 1. The number of benzene rings is 3. The Morgan fingerprint density at radius 3 is 2.14 bits per heavy atom. The molecule has 0 unspecified atom stereocenters. The molecule has 0 saturated carbocycles. The van der Waals surface area contributed by atoms with Crippen LogP contribution in [0, 0.1) is 0 Å². The molecular weight excluding hydrogens is 410 g/mol. The molecule has 148 valence electrons. The fraction of sp³-hybridized carbons (Fsp3) is 0.0588. The van der Waals surface area contributed by atoms with Gasteiger partial charge in [-0.1, -0.05) is 0 Å². The molecule has 0 aliphatic carbocycles. The maximum absolute atomic E-state index is 11.9. The van der Waals surface area contributed by atoms with Gasteiger partial charge in [-0.25, -0.2) is 0 Å². The number of anilines is 1. The molecule has 0 bridgehead atoms. The summed E-state index contributed by atoms with van der Waals surface area (Å²) in [4.78, 5) is -1.05. The maximum Gasteiger partial charge on any atom is 0.295 e. The number of hydrogen-bond donors (Lipinski definition) is 4. The third kappa shape index (κ3) is 3.60. The van der Waals surface area contributed by atoms with Crippen molar-refractivity contribution in [3.8, 4) is 22.6 Å². The quantitative estimate of drug-likeness (QED) is 0.362. The molecule has 9 nitrogen and oxygen atoms in total. The first kappa shape index (κ1) is 19.9. The zero-order valence-corrected chi connectivity index (χ0v) is 16.0. The molecule has 0 heterocycles. The van der Waals surface area contributed by atoms with Gasteiger partial charge in [0.2, 0.25) is 0 Å². The van der Waals surface area contributed by atoms with Crippen LogP contribution in [0.4, 0.5) is 5.69 Å². The molecule has 0 radical (unpaired) electrons. The van der Waals surface area contributed by atoms with Crippen LogP contribution >= 0.6 is 0 Å². The Morgan fingerprint density at radius 2 is 1.57 bits per heavy atom. The second kappa shape index (κ2) is 6.63. The largest absolute Gasteiger partial charge is 0.507 e. The number of phenols is 1. The van der Waals surface area contributed by atoms with E-state index in [2.05, 4.69) is 0 Å². The number of hydrogen-bond acceptors (Lipinski definition) is 7. The summed E-state index contributed by atoms with van der Waals surface area (Å²) in [6.45, 7) is 0. The van der Waals surface area contributed by atoms with Gasteiger partial charge < -0.3 is 15.6 Å². The van der Waals surface area contributed by atoms with Gasteiger partial charge in [0, 0.05) is 28.8 Å². The van der Waals surface area contributed by atoms with Gasteiger partial charge in [0.1, 0.15) is 16.4 Å². The lowest BCUT2D eigenvalue weighted by molar-refractivity contribution is 0.412. The number of fused-ring (bicyclic) bond motifs is 1.